The Bertz CT molecular complexity index is 603. The van der Waals surface area contributed by atoms with E-state index in [-0.39, 0.29) is 5.91 Å². The lowest BCUT2D eigenvalue weighted by atomic mass is 10.1. The number of imidazole rings is 1. The Labute approximate surface area is 123 Å². The van der Waals surface area contributed by atoms with Gasteiger partial charge in [0.15, 0.2) is 5.69 Å². The van der Waals surface area contributed by atoms with Crippen LogP contribution < -0.4 is 10.6 Å². The van der Waals surface area contributed by atoms with E-state index >= 15 is 0 Å². The van der Waals surface area contributed by atoms with Crippen LogP contribution in [0.3, 0.4) is 0 Å². The molecule has 2 aromatic rings. The van der Waals surface area contributed by atoms with Crippen molar-refractivity contribution in [3.05, 3.63) is 35.7 Å². The number of H-pyrrole nitrogens is 1. The van der Waals surface area contributed by atoms with Gasteiger partial charge in [-0.25, -0.2) is 4.98 Å². The van der Waals surface area contributed by atoms with Crippen LogP contribution in [-0.2, 0) is 19.5 Å². The number of amides is 1. The zero-order chi connectivity index (χ0) is 14.7. The topological polar surface area (TPSA) is 87.6 Å². The molecule has 21 heavy (non-hydrogen) atoms. The fraction of sp³-hybridized carbons (Fsp3) is 0.500. The van der Waals surface area contributed by atoms with E-state index in [1.165, 1.54) is 0 Å². The van der Waals surface area contributed by atoms with Gasteiger partial charge in [0.25, 0.3) is 5.91 Å². The second-order valence-corrected chi connectivity index (χ2v) is 5.53. The summed E-state index contributed by atoms with van der Waals surface area (Å²) in [7, 11) is 0. The molecule has 2 aromatic heterocycles. The molecule has 1 aliphatic rings. The van der Waals surface area contributed by atoms with E-state index in [0.717, 1.165) is 30.8 Å². The highest BCUT2D eigenvalue weighted by atomic mass is 16.1. The molecule has 0 bridgehead atoms. The van der Waals surface area contributed by atoms with Gasteiger partial charge < -0.3 is 15.2 Å². The highest BCUT2D eigenvalue weighted by Crippen LogP contribution is 2.15. The van der Waals surface area contributed by atoms with Gasteiger partial charge in [-0.15, -0.1) is 0 Å². The van der Waals surface area contributed by atoms with Gasteiger partial charge in [-0.1, -0.05) is 6.92 Å². The van der Waals surface area contributed by atoms with Crippen molar-refractivity contribution in [2.24, 2.45) is 5.92 Å². The van der Waals surface area contributed by atoms with Crippen LogP contribution >= 0.6 is 0 Å². The van der Waals surface area contributed by atoms with Crippen molar-refractivity contribution in [1.29, 1.82) is 0 Å². The minimum Gasteiger partial charge on any atom is -0.350 e. The average Bonchev–Trinajstić information content (AvgIpc) is 3.13. The second kappa shape index (κ2) is 6.09. The number of fused-ring (bicyclic) bond motifs is 1. The molecule has 112 valence electrons. The van der Waals surface area contributed by atoms with E-state index in [4.69, 9.17) is 0 Å². The van der Waals surface area contributed by atoms with Crippen molar-refractivity contribution < 1.29 is 4.79 Å². The van der Waals surface area contributed by atoms with Crippen molar-refractivity contribution >= 4 is 5.91 Å². The Balaban J connectivity index is 1.55. The maximum atomic E-state index is 12.2. The maximum Gasteiger partial charge on any atom is 0.272 e. The number of aromatic nitrogens is 4. The Kier molecular flexibility index (Phi) is 4.01. The van der Waals surface area contributed by atoms with Gasteiger partial charge >= 0.3 is 0 Å². The molecule has 0 fully saturated rings. The number of hydrogen-bond acceptors (Lipinski definition) is 4. The molecule has 0 spiro atoms. The van der Waals surface area contributed by atoms with Gasteiger partial charge in [0.2, 0.25) is 0 Å². The third kappa shape index (κ3) is 3.13. The highest BCUT2D eigenvalue weighted by Gasteiger charge is 2.21. The molecular formula is C14H20N6O. The lowest BCUT2D eigenvalue weighted by molar-refractivity contribution is 0.0940. The second-order valence-electron chi connectivity index (χ2n) is 5.53. The number of rotatable bonds is 5. The van der Waals surface area contributed by atoms with E-state index in [1.54, 1.807) is 12.5 Å². The summed E-state index contributed by atoms with van der Waals surface area (Å²) in [5.41, 5.74) is 2.60. The first kappa shape index (κ1) is 13.8. The predicted octanol–water partition coefficient (Wildman–Crippen LogP) is 0.318. The summed E-state index contributed by atoms with van der Waals surface area (Å²) in [6.45, 7) is 5.19. The Hall–Kier alpha value is -2.15. The van der Waals surface area contributed by atoms with E-state index in [1.807, 2.05) is 10.8 Å². The van der Waals surface area contributed by atoms with Crippen LogP contribution in [0.2, 0.25) is 0 Å². The summed E-state index contributed by atoms with van der Waals surface area (Å²) in [6, 6.07) is 0. The van der Waals surface area contributed by atoms with E-state index in [9.17, 15) is 4.79 Å². The molecule has 3 rings (SSSR count). The molecule has 0 saturated heterocycles. The van der Waals surface area contributed by atoms with Crippen LogP contribution in [-0.4, -0.2) is 38.7 Å². The smallest absolute Gasteiger partial charge is 0.272 e. The number of carbonyl (C=O) groups is 1. The normalized spacial score (nSPS) is 15.5. The fourth-order valence-corrected chi connectivity index (χ4v) is 2.58. The number of aromatic amines is 1. The molecule has 0 aliphatic carbocycles. The molecule has 1 aliphatic heterocycles. The van der Waals surface area contributed by atoms with Gasteiger partial charge in [-0.05, 0) is 5.92 Å². The van der Waals surface area contributed by atoms with Crippen LogP contribution in [0.1, 0.15) is 28.7 Å². The van der Waals surface area contributed by atoms with E-state index in [0.29, 0.717) is 24.7 Å². The Morgan fingerprint density at radius 1 is 1.57 bits per heavy atom. The van der Waals surface area contributed by atoms with Crippen LogP contribution in [0.5, 0.6) is 0 Å². The number of nitrogens with zero attached hydrogens (tertiary/aromatic N) is 3. The summed E-state index contributed by atoms with van der Waals surface area (Å²) < 4.78 is 2.01. The quantitative estimate of drug-likeness (QED) is 0.739. The first-order valence-electron chi connectivity index (χ1n) is 7.25. The van der Waals surface area contributed by atoms with Gasteiger partial charge in [0.05, 0.1) is 6.33 Å². The predicted molar refractivity (Wildman–Crippen MR) is 77.7 cm³/mol. The monoisotopic (exact) mass is 288 g/mol. The molecule has 0 radical (unpaired) electrons. The summed E-state index contributed by atoms with van der Waals surface area (Å²) in [4.78, 5) is 16.3. The molecule has 0 aromatic carbocycles. The van der Waals surface area contributed by atoms with Crippen molar-refractivity contribution in [2.45, 2.75) is 26.4 Å². The SMILES string of the molecule is CC(CNC(=O)c1n[nH]c2c1CNCC2)Cn1ccnc1. The van der Waals surface area contributed by atoms with Crippen molar-refractivity contribution in [3.63, 3.8) is 0 Å². The summed E-state index contributed by atoms with van der Waals surface area (Å²) >= 11 is 0. The van der Waals surface area contributed by atoms with E-state index < -0.39 is 0 Å². The molecule has 7 heteroatoms. The third-order valence-corrected chi connectivity index (χ3v) is 3.71. The minimum atomic E-state index is -0.103. The van der Waals surface area contributed by atoms with Crippen LogP contribution in [0.25, 0.3) is 0 Å². The van der Waals surface area contributed by atoms with Gasteiger partial charge in [0.1, 0.15) is 0 Å². The number of nitrogens with one attached hydrogen (secondary N) is 3. The van der Waals surface area contributed by atoms with Crippen LogP contribution in [0.4, 0.5) is 0 Å². The Morgan fingerprint density at radius 3 is 3.29 bits per heavy atom. The highest BCUT2D eigenvalue weighted by molar-refractivity contribution is 5.94. The first-order chi connectivity index (χ1) is 10.2. The number of hydrogen-bond donors (Lipinski definition) is 3. The van der Waals surface area contributed by atoms with E-state index in [2.05, 4.69) is 32.7 Å². The first-order valence-corrected chi connectivity index (χ1v) is 7.25. The molecule has 3 N–H and O–H groups in total. The number of carbonyl (C=O) groups excluding carboxylic acids is 1. The summed E-state index contributed by atoms with van der Waals surface area (Å²) in [5.74, 6) is 0.227. The molecular weight excluding hydrogens is 268 g/mol. The minimum absolute atomic E-state index is 0.103. The molecule has 1 atom stereocenters. The fourth-order valence-electron chi connectivity index (χ4n) is 2.58. The zero-order valence-electron chi connectivity index (χ0n) is 12.1. The largest absolute Gasteiger partial charge is 0.350 e. The third-order valence-electron chi connectivity index (χ3n) is 3.71. The van der Waals surface area contributed by atoms with Crippen molar-refractivity contribution in [3.8, 4) is 0 Å². The molecule has 1 unspecified atom stereocenters. The zero-order valence-corrected chi connectivity index (χ0v) is 12.1. The van der Waals surface area contributed by atoms with Crippen LogP contribution in [0.15, 0.2) is 18.7 Å². The molecule has 7 nitrogen and oxygen atoms in total. The molecule has 0 saturated carbocycles. The lowest BCUT2D eigenvalue weighted by Crippen LogP contribution is -2.32. The lowest BCUT2D eigenvalue weighted by Gasteiger charge is -2.14. The van der Waals surface area contributed by atoms with Gasteiger partial charge in [0, 0.05) is 56.3 Å². The summed E-state index contributed by atoms with van der Waals surface area (Å²) in [5, 5.41) is 13.4. The van der Waals surface area contributed by atoms with Crippen LogP contribution in [0, 0.1) is 5.92 Å². The molecule has 3 heterocycles. The Morgan fingerprint density at radius 2 is 2.48 bits per heavy atom. The average molecular weight is 288 g/mol. The maximum absolute atomic E-state index is 12.2. The van der Waals surface area contributed by atoms with Crippen molar-refractivity contribution in [2.75, 3.05) is 13.1 Å². The van der Waals surface area contributed by atoms with Crippen molar-refractivity contribution in [1.82, 2.24) is 30.4 Å². The standard InChI is InChI=1S/C14H20N6O/c1-10(8-20-5-4-16-9-20)6-17-14(21)13-11-7-15-3-2-12(11)18-19-13/h4-5,9-10,15H,2-3,6-8H2,1H3,(H,17,21)(H,18,19). The summed E-state index contributed by atoms with van der Waals surface area (Å²) in [6.07, 6.45) is 6.36. The molecule has 1 amide bonds. The van der Waals surface area contributed by atoms with Gasteiger partial charge in [-0.2, -0.15) is 5.10 Å². The van der Waals surface area contributed by atoms with Gasteiger partial charge in [-0.3, -0.25) is 9.89 Å².